The lowest BCUT2D eigenvalue weighted by atomic mass is 9.51. The fourth-order valence-corrected chi connectivity index (χ4v) is 9.67. The van der Waals surface area contributed by atoms with Crippen molar-refractivity contribution < 1.29 is 39.2 Å². The highest BCUT2D eigenvalue weighted by molar-refractivity contribution is 6.14. The molecule has 10 heteroatoms. The second-order valence-electron chi connectivity index (χ2n) is 14.5. The third-order valence-corrected chi connectivity index (χ3v) is 12.1. The summed E-state index contributed by atoms with van der Waals surface area (Å²) in [6, 6.07) is 9.19. The van der Waals surface area contributed by atoms with E-state index in [4.69, 9.17) is 10.5 Å². The zero-order valence-electron chi connectivity index (χ0n) is 27.7. The summed E-state index contributed by atoms with van der Waals surface area (Å²) in [7, 11) is 1.36. The predicted molar refractivity (Wildman–Crippen MR) is 177 cm³/mol. The predicted octanol–water partition coefficient (Wildman–Crippen LogP) is 2.12. The van der Waals surface area contributed by atoms with Crippen LogP contribution >= 0.6 is 0 Å². The standard InChI is InChI=1S/C38H46N2O8/c1-19-10-8-14-24-31(43)21(3)20(2)29-25(18-22-12-6-5-7-13-22)40-36(47)37(24,29)27(42)17-16-23-28(26(41)15-9-11-19)33(48-4)30-32(44)34(45)38(23,30)35(39)46/h5-8,12-14,16-17,19-20,24-25,29-34,43-45H,3,9-11,15,18H2,1-2,4H3,(H2,39,46)(H,40,47)/b14-8+,17-16-/t19-,20+,24?,25-,29?,30?,31+,32?,33?,34?,37+,38?/m0/s1. The molecule has 0 bridgehead atoms. The van der Waals surface area contributed by atoms with Gasteiger partial charge in [-0.25, -0.2) is 0 Å². The number of rotatable bonds is 4. The molecule has 12 atom stereocenters. The van der Waals surface area contributed by atoms with E-state index in [1.807, 2.05) is 50.3 Å². The van der Waals surface area contributed by atoms with Gasteiger partial charge in [0.1, 0.15) is 10.8 Å². The molecule has 1 aromatic carbocycles. The number of methoxy groups -OCH3 is 1. The summed E-state index contributed by atoms with van der Waals surface area (Å²) < 4.78 is 5.70. The van der Waals surface area contributed by atoms with E-state index in [9.17, 15) is 34.5 Å². The number of aliphatic hydroxyl groups is 3. The second-order valence-corrected chi connectivity index (χ2v) is 14.5. The van der Waals surface area contributed by atoms with Crippen LogP contribution in [-0.2, 0) is 30.3 Å². The van der Waals surface area contributed by atoms with Gasteiger partial charge in [0.05, 0.1) is 24.4 Å². The molecule has 1 heterocycles. The third kappa shape index (κ3) is 4.75. The molecule has 6 N–H and O–H groups in total. The molecule has 0 radical (unpaired) electrons. The maximum absolute atomic E-state index is 14.9. The molecule has 48 heavy (non-hydrogen) atoms. The van der Waals surface area contributed by atoms with Crippen molar-refractivity contribution in [3.05, 3.63) is 83.5 Å². The van der Waals surface area contributed by atoms with Gasteiger partial charge in [-0.2, -0.15) is 0 Å². The van der Waals surface area contributed by atoms with E-state index in [1.54, 1.807) is 6.08 Å². The molecular formula is C38H46N2O8. The molecule has 1 aromatic rings. The van der Waals surface area contributed by atoms with Gasteiger partial charge in [0, 0.05) is 42.9 Å². The first kappa shape index (κ1) is 34.2. The van der Waals surface area contributed by atoms with E-state index in [0.29, 0.717) is 31.3 Å². The fourth-order valence-electron chi connectivity index (χ4n) is 9.67. The normalized spacial score (nSPS) is 42.7. The smallest absolute Gasteiger partial charge is 0.235 e. The van der Waals surface area contributed by atoms with E-state index in [2.05, 4.69) is 11.9 Å². The molecule has 7 unspecified atom stereocenters. The number of carbonyl (C=O) groups excluding carboxylic acids is 4. The molecule has 0 aromatic heterocycles. The highest BCUT2D eigenvalue weighted by Gasteiger charge is 2.74. The molecule has 1 saturated heterocycles. The van der Waals surface area contributed by atoms with E-state index >= 15 is 0 Å². The van der Waals surface area contributed by atoms with Crippen molar-refractivity contribution in [3.63, 3.8) is 0 Å². The van der Waals surface area contributed by atoms with Crippen LogP contribution < -0.4 is 11.1 Å². The highest BCUT2D eigenvalue weighted by atomic mass is 16.5. The Balaban J connectivity index is 1.55. The lowest BCUT2D eigenvalue weighted by molar-refractivity contribution is -0.213. The largest absolute Gasteiger partial charge is 0.390 e. The number of allylic oxidation sites excluding steroid dienone is 3. The number of ether oxygens (including phenoxy) is 1. The van der Waals surface area contributed by atoms with Crippen LogP contribution in [0.3, 0.4) is 0 Å². The molecule has 2 saturated carbocycles. The van der Waals surface area contributed by atoms with Crippen molar-refractivity contribution in [2.75, 3.05) is 7.11 Å². The molecule has 1 aliphatic heterocycles. The van der Waals surface area contributed by atoms with E-state index in [0.717, 1.165) is 5.56 Å². The number of aliphatic hydroxyl groups excluding tert-OH is 3. The monoisotopic (exact) mass is 658 g/mol. The average molecular weight is 659 g/mol. The van der Waals surface area contributed by atoms with Crippen molar-refractivity contribution in [3.8, 4) is 0 Å². The van der Waals surface area contributed by atoms with Crippen LogP contribution in [-0.4, -0.2) is 76.3 Å². The molecule has 6 rings (SSSR count). The van der Waals surface area contributed by atoms with Gasteiger partial charge in [-0.15, -0.1) is 0 Å². The summed E-state index contributed by atoms with van der Waals surface area (Å²) in [5.41, 5.74) is 3.95. The summed E-state index contributed by atoms with van der Waals surface area (Å²) in [6.07, 6.45) is 3.31. The molecule has 1 spiro atoms. The maximum Gasteiger partial charge on any atom is 0.235 e. The SMILES string of the molecule is C=C1[C@@H](C)C2[C@H](Cc3ccccc3)NC(=O)[C@]23C(=O)/C=C\C2=C(C(=O)CCC[C@@H](C)C/C=C/C3[C@@H]1O)C(OC)C1C(O)C(O)C21C(N)=O. The molecule has 4 aliphatic carbocycles. The minimum absolute atomic E-state index is 0.0269. The number of primary amides is 1. The van der Waals surface area contributed by atoms with E-state index < -0.39 is 82.6 Å². The van der Waals surface area contributed by atoms with Gasteiger partial charge in [0.15, 0.2) is 11.6 Å². The quantitative estimate of drug-likeness (QED) is 0.241. The van der Waals surface area contributed by atoms with Gasteiger partial charge in [-0.1, -0.05) is 69.0 Å². The zero-order valence-corrected chi connectivity index (χ0v) is 27.7. The summed E-state index contributed by atoms with van der Waals surface area (Å²) >= 11 is 0. The summed E-state index contributed by atoms with van der Waals surface area (Å²) in [4.78, 5) is 56.5. The Kier molecular flexibility index (Phi) is 9.00. The van der Waals surface area contributed by atoms with Crippen molar-refractivity contribution in [2.45, 2.75) is 76.4 Å². The van der Waals surface area contributed by atoms with Crippen LogP contribution in [0.1, 0.15) is 45.1 Å². The number of hydrogen-bond donors (Lipinski definition) is 5. The van der Waals surface area contributed by atoms with Crippen molar-refractivity contribution in [1.82, 2.24) is 5.32 Å². The zero-order chi connectivity index (χ0) is 34.7. The van der Waals surface area contributed by atoms with Crippen LogP contribution in [0.15, 0.2) is 77.9 Å². The number of amides is 2. The minimum Gasteiger partial charge on any atom is -0.390 e. The van der Waals surface area contributed by atoms with Crippen LogP contribution in [0.25, 0.3) is 0 Å². The Morgan fingerprint density at radius 2 is 1.79 bits per heavy atom. The fraction of sp³-hybridized carbons (Fsp3) is 0.526. The summed E-state index contributed by atoms with van der Waals surface area (Å²) in [5, 5.41) is 36.8. The third-order valence-electron chi connectivity index (χ3n) is 12.1. The van der Waals surface area contributed by atoms with E-state index in [-0.39, 0.29) is 29.3 Å². The number of fused-ring (bicyclic) bond motifs is 2. The first-order valence-corrected chi connectivity index (χ1v) is 16.9. The summed E-state index contributed by atoms with van der Waals surface area (Å²) in [6.45, 7) is 8.15. The van der Waals surface area contributed by atoms with Crippen LogP contribution in [0.4, 0.5) is 0 Å². The Labute approximate surface area is 280 Å². The van der Waals surface area contributed by atoms with Crippen molar-refractivity contribution >= 4 is 23.4 Å². The molecule has 10 nitrogen and oxygen atoms in total. The maximum atomic E-state index is 14.9. The lowest BCUT2D eigenvalue weighted by Gasteiger charge is -2.53. The Morgan fingerprint density at radius 1 is 1.08 bits per heavy atom. The molecule has 256 valence electrons. The Hall–Kier alpha value is -3.70. The number of ketones is 2. The van der Waals surface area contributed by atoms with Crippen LogP contribution in [0, 0.1) is 40.4 Å². The van der Waals surface area contributed by atoms with Gasteiger partial charge >= 0.3 is 0 Å². The molecule has 2 amide bonds. The van der Waals surface area contributed by atoms with Gasteiger partial charge < -0.3 is 31.1 Å². The number of carbonyl (C=O) groups is 4. The van der Waals surface area contributed by atoms with Crippen LogP contribution in [0.2, 0.25) is 0 Å². The topological polar surface area (TPSA) is 176 Å². The van der Waals surface area contributed by atoms with Crippen molar-refractivity contribution in [1.29, 1.82) is 0 Å². The van der Waals surface area contributed by atoms with Gasteiger partial charge in [0.25, 0.3) is 0 Å². The van der Waals surface area contributed by atoms with Gasteiger partial charge in [0.2, 0.25) is 11.8 Å². The molecule has 5 aliphatic rings. The van der Waals surface area contributed by atoms with Gasteiger partial charge in [-0.05, 0) is 60.3 Å². The second kappa shape index (κ2) is 12.6. The number of Topliss-reactive ketones (excluding diaryl/α,β-unsaturated/α-hetero) is 1. The molecular weight excluding hydrogens is 612 g/mol. The Morgan fingerprint density at radius 3 is 2.46 bits per heavy atom. The number of nitrogens with two attached hydrogens (primary N) is 1. The Bertz CT molecular complexity index is 1610. The number of benzene rings is 1. The van der Waals surface area contributed by atoms with E-state index in [1.165, 1.54) is 19.3 Å². The number of nitrogens with one attached hydrogen (secondary N) is 1. The minimum atomic E-state index is -1.87. The number of hydrogen-bond acceptors (Lipinski definition) is 8. The lowest BCUT2D eigenvalue weighted by Crippen LogP contribution is -2.70. The first-order chi connectivity index (χ1) is 22.8. The summed E-state index contributed by atoms with van der Waals surface area (Å²) in [5.74, 6) is -5.27. The highest BCUT2D eigenvalue weighted by Crippen LogP contribution is 2.62. The molecule has 3 fully saturated rings. The average Bonchev–Trinajstić information content (AvgIpc) is 3.51. The van der Waals surface area contributed by atoms with Crippen molar-refractivity contribution in [2.24, 2.45) is 46.2 Å². The van der Waals surface area contributed by atoms with Gasteiger partial charge in [-0.3, -0.25) is 19.2 Å². The first-order valence-electron chi connectivity index (χ1n) is 16.9. The van der Waals surface area contributed by atoms with Crippen LogP contribution in [0.5, 0.6) is 0 Å².